The van der Waals surface area contributed by atoms with E-state index in [1.165, 1.54) is 0 Å². The fourth-order valence-electron chi connectivity index (χ4n) is 1.73. The van der Waals surface area contributed by atoms with Crippen molar-refractivity contribution >= 4 is 10.0 Å². The van der Waals surface area contributed by atoms with Gasteiger partial charge in [-0.2, -0.15) is 0 Å². The third kappa shape index (κ3) is 5.72. The molecule has 5 heteroatoms. The van der Waals surface area contributed by atoms with Crippen LogP contribution in [0.1, 0.15) is 45.7 Å². The molecule has 0 saturated carbocycles. The maximum absolute atomic E-state index is 11.2. The van der Waals surface area contributed by atoms with Crippen molar-refractivity contribution in [3.05, 3.63) is 29.8 Å². The van der Waals surface area contributed by atoms with E-state index < -0.39 is 10.0 Å². The summed E-state index contributed by atoms with van der Waals surface area (Å²) in [6.45, 7) is 9.62. The Kier molecular flexibility index (Phi) is 5.12. The van der Waals surface area contributed by atoms with E-state index in [-0.39, 0.29) is 10.9 Å². The molecule has 0 heterocycles. The summed E-state index contributed by atoms with van der Waals surface area (Å²) in [5.74, 6) is 0. The van der Waals surface area contributed by atoms with Gasteiger partial charge in [-0.25, -0.2) is 13.6 Å². The van der Waals surface area contributed by atoms with E-state index >= 15 is 0 Å². The van der Waals surface area contributed by atoms with Gasteiger partial charge in [-0.15, -0.1) is 0 Å². The maximum Gasteiger partial charge on any atom is 0.238 e. The van der Waals surface area contributed by atoms with Crippen LogP contribution in [0.2, 0.25) is 0 Å². The van der Waals surface area contributed by atoms with E-state index in [0.717, 1.165) is 18.5 Å². The molecule has 108 valence electrons. The number of primary sulfonamides is 1. The fourth-order valence-corrected chi connectivity index (χ4v) is 2.24. The third-order valence-corrected chi connectivity index (χ3v) is 3.96. The summed E-state index contributed by atoms with van der Waals surface area (Å²) in [5, 5.41) is 8.50. The summed E-state index contributed by atoms with van der Waals surface area (Å²) in [6.07, 6.45) is 1.09. The van der Waals surface area contributed by atoms with Gasteiger partial charge in [-0.3, -0.25) is 0 Å². The number of benzene rings is 1. The fraction of sp³-hybridized carbons (Fsp3) is 0.571. The van der Waals surface area contributed by atoms with Gasteiger partial charge in [0.25, 0.3) is 0 Å². The molecule has 1 atom stereocenters. The zero-order valence-corrected chi connectivity index (χ0v) is 12.9. The lowest BCUT2D eigenvalue weighted by atomic mass is 9.92. The first kappa shape index (κ1) is 16.1. The molecule has 0 aromatic heterocycles. The highest BCUT2D eigenvalue weighted by molar-refractivity contribution is 7.89. The van der Waals surface area contributed by atoms with Crippen molar-refractivity contribution in [2.75, 3.05) is 6.54 Å². The topological polar surface area (TPSA) is 72.2 Å². The second kappa shape index (κ2) is 6.03. The Bertz CT molecular complexity index is 501. The molecule has 1 aromatic rings. The molecule has 1 rings (SSSR count). The van der Waals surface area contributed by atoms with E-state index in [2.05, 4.69) is 33.0 Å². The molecule has 19 heavy (non-hydrogen) atoms. The summed E-state index contributed by atoms with van der Waals surface area (Å²) in [5.41, 5.74) is 1.37. The zero-order valence-electron chi connectivity index (χ0n) is 12.1. The normalized spacial score (nSPS) is 14.4. The van der Waals surface area contributed by atoms with Crippen molar-refractivity contribution in [1.29, 1.82) is 0 Å². The molecule has 0 aliphatic carbocycles. The van der Waals surface area contributed by atoms with Gasteiger partial charge in [0.15, 0.2) is 0 Å². The molecular weight excluding hydrogens is 260 g/mol. The average molecular weight is 284 g/mol. The van der Waals surface area contributed by atoms with Gasteiger partial charge in [0.1, 0.15) is 0 Å². The van der Waals surface area contributed by atoms with Crippen molar-refractivity contribution < 1.29 is 8.42 Å². The van der Waals surface area contributed by atoms with Gasteiger partial charge in [0, 0.05) is 6.04 Å². The maximum atomic E-state index is 11.2. The standard InChI is InChI=1S/C14H24N2O2S/c1-11(16-10-9-14(2,3)4)12-5-7-13(8-6-12)19(15,17)18/h5-8,11,16H,9-10H2,1-4H3,(H2,15,17,18). The van der Waals surface area contributed by atoms with Crippen molar-refractivity contribution in [3.8, 4) is 0 Å². The highest BCUT2D eigenvalue weighted by Gasteiger charge is 2.12. The smallest absolute Gasteiger partial charge is 0.238 e. The minimum absolute atomic E-state index is 0.151. The molecule has 0 fully saturated rings. The summed E-state index contributed by atoms with van der Waals surface area (Å²) in [4.78, 5) is 0.151. The minimum Gasteiger partial charge on any atom is -0.310 e. The van der Waals surface area contributed by atoms with Crippen LogP contribution in [0.25, 0.3) is 0 Å². The van der Waals surface area contributed by atoms with E-state index in [1.807, 2.05) is 0 Å². The summed E-state index contributed by atoms with van der Waals surface area (Å²) >= 11 is 0. The predicted molar refractivity (Wildman–Crippen MR) is 78.3 cm³/mol. The molecule has 0 bridgehead atoms. The number of nitrogens with two attached hydrogens (primary N) is 1. The summed E-state index contributed by atoms with van der Waals surface area (Å²) < 4.78 is 22.3. The van der Waals surface area contributed by atoms with Crippen molar-refractivity contribution in [1.82, 2.24) is 5.32 Å². The molecule has 3 N–H and O–H groups in total. The zero-order chi connectivity index (χ0) is 14.7. The first-order valence-corrected chi connectivity index (χ1v) is 8.00. The lowest BCUT2D eigenvalue weighted by Crippen LogP contribution is -2.23. The Morgan fingerprint density at radius 3 is 2.16 bits per heavy atom. The van der Waals surface area contributed by atoms with Crippen LogP contribution in [0.4, 0.5) is 0 Å². The van der Waals surface area contributed by atoms with Gasteiger partial charge in [0.2, 0.25) is 10.0 Å². The third-order valence-electron chi connectivity index (χ3n) is 3.03. The molecular formula is C14H24N2O2S. The van der Waals surface area contributed by atoms with Crippen molar-refractivity contribution in [3.63, 3.8) is 0 Å². The number of rotatable bonds is 5. The van der Waals surface area contributed by atoms with Crippen LogP contribution in [0.3, 0.4) is 0 Å². The van der Waals surface area contributed by atoms with Crippen molar-refractivity contribution in [2.24, 2.45) is 10.6 Å². The van der Waals surface area contributed by atoms with Crippen LogP contribution < -0.4 is 10.5 Å². The molecule has 0 aliphatic rings. The average Bonchev–Trinajstić information content (AvgIpc) is 2.26. The van der Waals surface area contributed by atoms with Gasteiger partial charge in [0.05, 0.1) is 4.90 Å². The number of sulfonamides is 1. The van der Waals surface area contributed by atoms with Crippen LogP contribution in [-0.4, -0.2) is 15.0 Å². The van der Waals surface area contributed by atoms with E-state index in [4.69, 9.17) is 5.14 Å². The summed E-state index contributed by atoms with van der Waals surface area (Å²) in [6, 6.07) is 6.89. The van der Waals surface area contributed by atoms with Crippen LogP contribution in [-0.2, 0) is 10.0 Å². The predicted octanol–water partition coefficient (Wildman–Crippen LogP) is 2.42. The van der Waals surface area contributed by atoms with E-state index in [0.29, 0.717) is 5.41 Å². The highest BCUT2D eigenvalue weighted by atomic mass is 32.2. The second-order valence-electron chi connectivity index (χ2n) is 6.10. The molecule has 1 unspecified atom stereocenters. The summed E-state index contributed by atoms with van der Waals surface area (Å²) in [7, 11) is -3.60. The van der Waals surface area contributed by atoms with Crippen LogP contribution in [0, 0.1) is 5.41 Å². The van der Waals surface area contributed by atoms with Gasteiger partial charge in [-0.05, 0) is 43.0 Å². The second-order valence-corrected chi connectivity index (χ2v) is 7.66. The molecule has 1 aromatic carbocycles. The molecule has 0 aliphatic heterocycles. The van der Waals surface area contributed by atoms with E-state index in [1.54, 1.807) is 24.3 Å². The van der Waals surface area contributed by atoms with Gasteiger partial charge in [-0.1, -0.05) is 32.9 Å². The first-order valence-electron chi connectivity index (χ1n) is 6.46. The highest BCUT2D eigenvalue weighted by Crippen LogP contribution is 2.19. The Balaban J connectivity index is 2.61. The van der Waals surface area contributed by atoms with E-state index in [9.17, 15) is 8.42 Å². The van der Waals surface area contributed by atoms with Crippen LogP contribution in [0.5, 0.6) is 0 Å². The quantitative estimate of drug-likeness (QED) is 0.872. The largest absolute Gasteiger partial charge is 0.310 e. The lowest BCUT2D eigenvalue weighted by molar-refractivity contribution is 0.358. The monoisotopic (exact) mass is 284 g/mol. The Hall–Kier alpha value is -0.910. The molecule has 4 nitrogen and oxygen atoms in total. The lowest BCUT2D eigenvalue weighted by Gasteiger charge is -2.21. The number of hydrogen-bond donors (Lipinski definition) is 2. The Labute approximate surface area is 116 Å². The SMILES string of the molecule is CC(NCCC(C)(C)C)c1ccc(S(N)(=O)=O)cc1. The molecule has 0 radical (unpaired) electrons. The number of nitrogens with one attached hydrogen (secondary N) is 1. The molecule has 0 saturated heterocycles. The van der Waals surface area contributed by atoms with Crippen LogP contribution in [0.15, 0.2) is 29.2 Å². The van der Waals surface area contributed by atoms with Crippen LogP contribution >= 0.6 is 0 Å². The van der Waals surface area contributed by atoms with Gasteiger partial charge < -0.3 is 5.32 Å². The molecule has 0 amide bonds. The number of hydrogen-bond acceptors (Lipinski definition) is 3. The Morgan fingerprint density at radius 1 is 1.21 bits per heavy atom. The van der Waals surface area contributed by atoms with Crippen molar-refractivity contribution in [2.45, 2.75) is 45.1 Å². The minimum atomic E-state index is -3.60. The van der Waals surface area contributed by atoms with Gasteiger partial charge >= 0.3 is 0 Å². The molecule has 0 spiro atoms. The Morgan fingerprint density at radius 2 is 1.74 bits per heavy atom. The first-order chi connectivity index (χ1) is 8.59.